The number of halogens is 1. The summed E-state index contributed by atoms with van der Waals surface area (Å²) in [6.07, 6.45) is 0.882. The summed E-state index contributed by atoms with van der Waals surface area (Å²) in [4.78, 5) is 0. The topological polar surface area (TPSA) is 50.7 Å². The first kappa shape index (κ1) is 18.6. The number of methoxy groups -OCH3 is 1. The summed E-state index contributed by atoms with van der Waals surface area (Å²) in [7, 11) is 1.62. The number of benzene rings is 2. The Morgan fingerprint density at radius 3 is 2.62 bits per heavy atom. The average molecular weight is 350 g/mol. The van der Waals surface area contributed by atoms with Crippen molar-refractivity contribution in [3.8, 4) is 11.5 Å². The predicted octanol–water partition coefficient (Wildman–Crippen LogP) is 3.79. The van der Waals surface area contributed by atoms with Gasteiger partial charge in [-0.3, -0.25) is 0 Å². The summed E-state index contributed by atoms with van der Waals surface area (Å²) >= 11 is 6.15. The van der Waals surface area contributed by atoms with E-state index in [1.54, 1.807) is 7.11 Å². The zero-order valence-electron chi connectivity index (χ0n) is 14.1. The summed E-state index contributed by atoms with van der Waals surface area (Å²) in [5, 5.41) is 13.2. The molecule has 0 saturated carbocycles. The van der Waals surface area contributed by atoms with Gasteiger partial charge in [-0.2, -0.15) is 0 Å². The van der Waals surface area contributed by atoms with Crippen LogP contribution in [0.25, 0.3) is 0 Å². The van der Waals surface area contributed by atoms with E-state index in [-0.39, 0.29) is 12.6 Å². The molecule has 0 aliphatic heterocycles. The van der Waals surface area contributed by atoms with E-state index in [0.29, 0.717) is 29.7 Å². The van der Waals surface area contributed by atoms with Crippen LogP contribution >= 0.6 is 11.6 Å². The van der Waals surface area contributed by atoms with E-state index in [1.165, 1.54) is 0 Å². The van der Waals surface area contributed by atoms with Crippen LogP contribution in [0.3, 0.4) is 0 Å². The van der Waals surface area contributed by atoms with E-state index in [9.17, 15) is 5.11 Å². The van der Waals surface area contributed by atoms with Gasteiger partial charge in [0.2, 0.25) is 0 Å². The number of aliphatic hydroxyl groups is 1. The molecule has 0 aliphatic carbocycles. The Bertz CT molecular complexity index is 644. The molecule has 2 aromatic carbocycles. The van der Waals surface area contributed by atoms with Crippen LogP contribution in [0.5, 0.6) is 11.5 Å². The van der Waals surface area contributed by atoms with Gasteiger partial charge in [-0.15, -0.1) is 0 Å². The SMILES string of the molecule is CC[C@@H](CO)NCc1ccc(OCc2ccccc2Cl)c(OC)c1. The Kier molecular flexibility index (Phi) is 7.37. The Hall–Kier alpha value is -1.75. The van der Waals surface area contributed by atoms with Crippen molar-refractivity contribution >= 4 is 11.6 Å². The molecule has 0 fully saturated rings. The van der Waals surface area contributed by atoms with Gasteiger partial charge >= 0.3 is 0 Å². The van der Waals surface area contributed by atoms with Gasteiger partial charge < -0.3 is 19.9 Å². The first-order valence-electron chi connectivity index (χ1n) is 8.05. The van der Waals surface area contributed by atoms with Crippen molar-refractivity contribution in [2.24, 2.45) is 0 Å². The van der Waals surface area contributed by atoms with Crippen molar-refractivity contribution < 1.29 is 14.6 Å². The quantitative estimate of drug-likeness (QED) is 0.723. The molecular weight excluding hydrogens is 326 g/mol. The molecule has 0 aliphatic rings. The molecule has 5 heteroatoms. The Morgan fingerprint density at radius 1 is 1.17 bits per heavy atom. The molecule has 0 aromatic heterocycles. The Balaban J connectivity index is 2.02. The molecule has 0 amide bonds. The molecule has 1 atom stereocenters. The highest BCUT2D eigenvalue weighted by atomic mass is 35.5. The van der Waals surface area contributed by atoms with Crippen LogP contribution in [0.15, 0.2) is 42.5 Å². The molecule has 2 rings (SSSR count). The van der Waals surface area contributed by atoms with Crippen LogP contribution < -0.4 is 14.8 Å². The molecule has 0 spiro atoms. The fourth-order valence-electron chi connectivity index (χ4n) is 2.31. The highest BCUT2D eigenvalue weighted by molar-refractivity contribution is 6.31. The highest BCUT2D eigenvalue weighted by Gasteiger charge is 2.09. The molecule has 0 saturated heterocycles. The molecule has 0 heterocycles. The maximum Gasteiger partial charge on any atom is 0.161 e. The lowest BCUT2D eigenvalue weighted by Gasteiger charge is -2.16. The second kappa shape index (κ2) is 9.52. The Morgan fingerprint density at radius 2 is 1.96 bits per heavy atom. The van der Waals surface area contributed by atoms with E-state index in [0.717, 1.165) is 17.5 Å². The maximum atomic E-state index is 9.23. The van der Waals surface area contributed by atoms with Crippen molar-refractivity contribution in [2.75, 3.05) is 13.7 Å². The first-order valence-corrected chi connectivity index (χ1v) is 8.43. The third kappa shape index (κ3) is 5.13. The summed E-state index contributed by atoms with van der Waals surface area (Å²) in [5.41, 5.74) is 2.00. The minimum absolute atomic E-state index is 0.104. The third-order valence-electron chi connectivity index (χ3n) is 3.88. The van der Waals surface area contributed by atoms with Gasteiger partial charge in [0, 0.05) is 23.2 Å². The molecule has 2 N–H and O–H groups in total. The van der Waals surface area contributed by atoms with Gasteiger partial charge in [-0.1, -0.05) is 42.8 Å². The number of aliphatic hydroxyl groups excluding tert-OH is 1. The Labute approximate surface area is 148 Å². The second-order valence-electron chi connectivity index (χ2n) is 5.53. The number of rotatable bonds is 9. The molecule has 2 aromatic rings. The van der Waals surface area contributed by atoms with Gasteiger partial charge in [0.05, 0.1) is 13.7 Å². The van der Waals surface area contributed by atoms with Crippen molar-refractivity contribution in [3.05, 3.63) is 58.6 Å². The minimum Gasteiger partial charge on any atom is -0.493 e. The molecule has 0 bridgehead atoms. The van der Waals surface area contributed by atoms with Crippen LogP contribution in [0.1, 0.15) is 24.5 Å². The van der Waals surface area contributed by atoms with Gasteiger partial charge in [0.25, 0.3) is 0 Å². The van der Waals surface area contributed by atoms with Crippen LogP contribution in [0.2, 0.25) is 5.02 Å². The number of ether oxygens (including phenoxy) is 2. The van der Waals surface area contributed by atoms with Gasteiger partial charge in [-0.25, -0.2) is 0 Å². The average Bonchev–Trinajstić information content (AvgIpc) is 2.62. The van der Waals surface area contributed by atoms with E-state index >= 15 is 0 Å². The van der Waals surface area contributed by atoms with Gasteiger partial charge in [-0.05, 0) is 30.2 Å². The van der Waals surface area contributed by atoms with E-state index in [1.807, 2.05) is 49.4 Å². The van der Waals surface area contributed by atoms with Gasteiger partial charge in [0.15, 0.2) is 11.5 Å². The molecule has 24 heavy (non-hydrogen) atoms. The molecule has 4 nitrogen and oxygen atoms in total. The molecule has 0 unspecified atom stereocenters. The fourth-order valence-corrected chi connectivity index (χ4v) is 2.50. The summed E-state index contributed by atoms with van der Waals surface area (Å²) in [6, 6.07) is 13.5. The standard InChI is InChI=1S/C19H24ClNO3/c1-3-16(12-22)21-11-14-8-9-18(19(10-14)23-2)24-13-15-6-4-5-7-17(15)20/h4-10,16,21-22H,3,11-13H2,1-2H3/t16-/m0/s1. The second-order valence-corrected chi connectivity index (χ2v) is 5.94. The lowest BCUT2D eigenvalue weighted by molar-refractivity contribution is 0.238. The molecule has 130 valence electrons. The smallest absolute Gasteiger partial charge is 0.161 e. The zero-order valence-corrected chi connectivity index (χ0v) is 14.8. The van der Waals surface area contributed by atoms with Crippen LogP contribution in [-0.2, 0) is 13.2 Å². The summed E-state index contributed by atoms with van der Waals surface area (Å²) in [6.45, 7) is 3.23. The maximum absolute atomic E-state index is 9.23. The first-order chi connectivity index (χ1) is 11.7. The monoisotopic (exact) mass is 349 g/mol. The van der Waals surface area contributed by atoms with E-state index < -0.39 is 0 Å². The van der Waals surface area contributed by atoms with E-state index in [4.69, 9.17) is 21.1 Å². The largest absolute Gasteiger partial charge is 0.493 e. The lowest BCUT2D eigenvalue weighted by Crippen LogP contribution is -2.31. The zero-order chi connectivity index (χ0) is 17.4. The lowest BCUT2D eigenvalue weighted by atomic mass is 10.1. The number of hydrogen-bond acceptors (Lipinski definition) is 4. The third-order valence-corrected chi connectivity index (χ3v) is 4.25. The van der Waals surface area contributed by atoms with Crippen LogP contribution in [-0.4, -0.2) is 24.9 Å². The van der Waals surface area contributed by atoms with Crippen LogP contribution in [0, 0.1) is 0 Å². The normalized spacial score (nSPS) is 12.0. The summed E-state index contributed by atoms with van der Waals surface area (Å²) in [5.74, 6) is 1.36. The van der Waals surface area contributed by atoms with E-state index in [2.05, 4.69) is 5.32 Å². The molecule has 0 radical (unpaired) electrons. The van der Waals surface area contributed by atoms with Gasteiger partial charge in [0.1, 0.15) is 6.61 Å². The number of hydrogen-bond donors (Lipinski definition) is 2. The van der Waals surface area contributed by atoms with Crippen molar-refractivity contribution in [1.82, 2.24) is 5.32 Å². The van der Waals surface area contributed by atoms with Crippen molar-refractivity contribution in [3.63, 3.8) is 0 Å². The van der Waals surface area contributed by atoms with Crippen LogP contribution in [0.4, 0.5) is 0 Å². The highest BCUT2D eigenvalue weighted by Crippen LogP contribution is 2.29. The number of nitrogens with one attached hydrogen (secondary N) is 1. The van der Waals surface area contributed by atoms with Crippen molar-refractivity contribution in [1.29, 1.82) is 0 Å². The summed E-state index contributed by atoms with van der Waals surface area (Å²) < 4.78 is 11.3. The predicted molar refractivity (Wildman–Crippen MR) is 96.8 cm³/mol. The fraction of sp³-hybridized carbons (Fsp3) is 0.368. The molecular formula is C19H24ClNO3. The minimum atomic E-state index is 0.104. The van der Waals surface area contributed by atoms with Crippen molar-refractivity contribution in [2.45, 2.75) is 32.5 Å².